The standard InChI is InChI=1S/C33H28O10/c1-19(34)40-30-28(23-10-14-25(37)15-11-23)32(42-21(3)36)33(43-27(39)18-9-22-7-5-4-6-8-22)29(31(30)41-20(2)35)24-12-16-26(38)17-13-24/h4-8,10-17,37-38H,9,18H2,1-3H3. The number of aromatic hydroxyl groups is 2. The second kappa shape index (κ2) is 13.3. The highest BCUT2D eigenvalue weighted by Crippen LogP contribution is 2.57. The van der Waals surface area contributed by atoms with Crippen molar-refractivity contribution in [1.82, 2.24) is 0 Å². The van der Waals surface area contributed by atoms with Gasteiger partial charge in [0.25, 0.3) is 0 Å². The predicted molar refractivity (Wildman–Crippen MR) is 155 cm³/mol. The van der Waals surface area contributed by atoms with E-state index in [0.29, 0.717) is 6.42 Å². The molecule has 0 unspecified atom stereocenters. The molecule has 4 aromatic rings. The molecular formula is C33H28O10. The molecule has 0 atom stereocenters. The van der Waals surface area contributed by atoms with Gasteiger partial charge in [0, 0.05) is 27.2 Å². The van der Waals surface area contributed by atoms with E-state index in [1.165, 1.54) is 48.5 Å². The molecule has 4 rings (SSSR count). The first-order valence-electron chi connectivity index (χ1n) is 13.2. The highest BCUT2D eigenvalue weighted by atomic mass is 16.6. The number of rotatable bonds is 9. The molecule has 0 fully saturated rings. The Labute approximate surface area is 247 Å². The largest absolute Gasteiger partial charge is 0.508 e. The summed E-state index contributed by atoms with van der Waals surface area (Å²) in [5.41, 5.74) is 1.29. The topological polar surface area (TPSA) is 146 Å². The van der Waals surface area contributed by atoms with Crippen LogP contribution in [0.25, 0.3) is 22.3 Å². The van der Waals surface area contributed by atoms with Crippen LogP contribution >= 0.6 is 0 Å². The molecule has 0 heterocycles. The Bertz CT molecular complexity index is 1660. The van der Waals surface area contributed by atoms with Gasteiger partial charge < -0.3 is 29.2 Å². The predicted octanol–water partition coefficient (Wildman–Crippen LogP) is 5.75. The molecule has 43 heavy (non-hydrogen) atoms. The number of ether oxygens (including phenoxy) is 4. The maximum atomic E-state index is 13.3. The van der Waals surface area contributed by atoms with E-state index in [1.54, 1.807) is 0 Å². The van der Waals surface area contributed by atoms with Crippen molar-refractivity contribution in [2.75, 3.05) is 0 Å². The third-order valence-electron chi connectivity index (χ3n) is 6.05. The van der Waals surface area contributed by atoms with E-state index in [4.69, 9.17) is 18.9 Å². The van der Waals surface area contributed by atoms with Crippen LogP contribution in [0.4, 0.5) is 0 Å². The zero-order chi connectivity index (χ0) is 31.1. The van der Waals surface area contributed by atoms with Crippen molar-refractivity contribution in [1.29, 1.82) is 0 Å². The second-order valence-corrected chi connectivity index (χ2v) is 9.40. The summed E-state index contributed by atoms with van der Waals surface area (Å²) < 4.78 is 22.7. The third-order valence-corrected chi connectivity index (χ3v) is 6.05. The van der Waals surface area contributed by atoms with Gasteiger partial charge in [0.15, 0.2) is 23.0 Å². The maximum Gasteiger partial charge on any atom is 0.311 e. The van der Waals surface area contributed by atoms with Gasteiger partial charge in [0.05, 0.1) is 11.1 Å². The first-order valence-corrected chi connectivity index (χ1v) is 13.2. The van der Waals surface area contributed by atoms with Gasteiger partial charge in [-0.15, -0.1) is 0 Å². The second-order valence-electron chi connectivity index (χ2n) is 9.40. The van der Waals surface area contributed by atoms with E-state index < -0.39 is 23.9 Å². The molecule has 0 aromatic heterocycles. The number of carbonyl (C=O) groups is 4. The molecule has 4 aromatic carbocycles. The summed E-state index contributed by atoms with van der Waals surface area (Å²) in [5.74, 6) is -4.49. The molecule has 2 N–H and O–H groups in total. The first-order chi connectivity index (χ1) is 20.5. The molecular weight excluding hydrogens is 556 g/mol. The van der Waals surface area contributed by atoms with E-state index in [-0.39, 0.29) is 63.2 Å². The van der Waals surface area contributed by atoms with Gasteiger partial charge in [-0.3, -0.25) is 19.2 Å². The Morgan fingerprint density at radius 3 is 1.28 bits per heavy atom. The van der Waals surface area contributed by atoms with Gasteiger partial charge in [-0.1, -0.05) is 54.6 Å². The lowest BCUT2D eigenvalue weighted by atomic mass is 9.94. The van der Waals surface area contributed by atoms with Crippen molar-refractivity contribution in [3.63, 3.8) is 0 Å². The summed E-state index contributed by atoms with van der Waals surface area (Å²) in [5, 5.41) is 19.9. The minimum atomic E-state index is -0.800. The van der Waals surface area contributed by atoms with Gasteiger partial charge in [-0.05, 0) is 47.4 Å². The summed E-state index contributed by atoms with van der Waals surface area (Å²) in [7, 11) is 0. The van der Waals surface area contributed by atoms with E-state index in [2.05, 4.69) is 0 Å². The fraction of sp³-hybridized carbons (Fsp3) is 0.152. The molecule has 10 heteroatoms. The average Bonchev–Trinajstić information content (AvgIpc) is 2.95. The summed E-state index contributed by atoms with van der Waals surface area (Å²) in [4.78, 5) is 50.6. The van der Waals surface area contributed by atoms with Crippen LogP contribution in [-0.2, 0) is 25.6 Å². The third kappa shape index (κ3) is 7.56. The first kappa shape index (κ1) is 30.3. The van der Waals surface area contributed by atoms with Crippen molar-refractivity contribution in [3.8, 4) is 56.8 Å². The zero-order valence-corrected chi connectivity index (χ0v) is 23.6. The van der Waals surface area contributed by atoms with Crippen LogP contribution in [-0.4, -0.2) is 34.1 Å². The van der Waals surface area contributed by atoms with Crippen LogP contribution in [0.15, 0.2) is 78.9 Å². The van der Waals surface area contributed by atoms with Crippen molar-refractivity contribution in [2.45, 2.75) is 33.6 Å². The number of benzene rings is 4. The Morgan fingerprint density at radius 1 is 0.535 bits per heavy atom. The fourth-order valence-electron chi connectivity index (χ4n) is 4.32. The summed E-state index contributed by atoms with van der Waals surface area (Å²) >= 11 is 0. The molecule has 0 spiro atoms. The summed E-state index contributed by atoms with van der Waals surface area (Å²) in [6, 6.07) is 20.4. The minimum Gasteiger partial charge on any atom is -0.508 e. The highest BCUT2D eigenvalue weighted by molar-refractivity contribution is 5.98. The van der Waals surface area contributed by atoms with E-state index in [9.17, 15) is 29.4 Å². The molecule has 0 aliphatic heterocycles. The van der Waals surface area contributed by atoms with Crippen molar-refractivity contribution < 1.29 is 48.3 Å². The Morgan fingerprint density at radius 2 is 0.907 bits per heavy atom. The van der Waals surface area contributed by atoms with Crippen LogP contribution in [0.3, 0.4) is 0 Å². The lowest BCUT2D eigenvalue weighted by molar-refractivity contribution is -0.136. The fourth-order valence-corrected chi connectivity index (χ4v) is 4.32. The Hall–Kier alpha value is -5.64. The van der Waals surface area contributed by atoms with Crippen molar-refractivity contribution in [3.05, 3.63) is 84.4 Å². The molecule has 0 radical (unpaired) electrons. The molecule has 0 aliphatic rings. The Kier molecular flexibility index (Phi) is 9.41. The lowest BCUT2D eigenvalue weighted by Gasteiger charge is -2.24. The van der Waals surface area contributed by atoms with Crippen LogP contribution in [0.5, 0.6) is 34.5 Å². The minimum absolute atomic E-state index is 0.0571. The van der Waals surface area contributed by atoms with Crippen LogP contribution < -0.4 is 18.9 Å². The number of phenolic OH excluding ortho intramolecular Hbond substituents is 2. The maximum absolute atomic E-state index is 13.3. The molecule has 0 saturated carbocycles. The molecule has 10 nitrogen and oxygen atoms in total. The normalized spacial score (nSPS) is 10.5. The average molecular weight is 585 g/mol. The quantitative estimate of drug-likeness (QED) is 0.184. The number of phenols is 2. The number of aryl methyl sites for hydroxylation is 1. The number of esters is 4. The van der Waals surface area contributed by atoms with Gasteiger partial charge in [-0.2, -0.15) is 0 Å². The van der Waals surface area contributed by atoms with Gasteiger partial charge in [-0.25, -0.2) is 0 Å². The Balaban J connectivity index is 2.07. The zero-order valence-electron chi connectivity index (χ0n) is 23.6. The monoisotopic (exact) mass is 584 g/mol. The number of hydrogen-bond donors (Lipinski definition) is 2. The van der Waals surface area contributed by atoms with Crippen molar-refractivity contribution >= 4 is 23.9 Å². The summed E-state index contributed by atoms with van der Waals surface area (Å²) in [6.45, 7) is 3.39. The SMILES string of the molecule is CC(=O)Oc1c(OC(C)=O)c(-c2ccc(O)cc2)c(OC(=O)CCc2ccccc2)c(OC(C)=O)c1-c1ccc(O)cc1. The highest BCUT2D eigenvalue weighted by Gasteiger charge is 2.34. The summed E-state index contributed by atoms with van der Waals surface area (Å²) in [6.07, 6.45) is 0.270. The molecule has 220 valence electrons. The molecule has 0 aliphatic carbocycles. The smallest absolute Gasteiger partial charge is 0.311 e. The van der Waals surface area contributed by atoms with Gasteiger partial charge >= 0.3 is 23.9 Å². The lowest BCUT2D eigenvalue weighted by Crippen LogP contribution is -2.16. The molecule has 0 amide bonds. The van der Waals surface area contributed by atoms with Crippen molar-refractivity contribution in [2.24, 2.45) is 0 Å². The van der Waals surface area contributed by atoms with Crippen LogP contribution in [0, 0.1) is 0 Å². The van der Waals surface area contributed by atoms with Crippen LogP contribution in [0.1, 0.15) is 32.8 Å². The van der Waals surface area contributed by atoms with E-state index in [1.807, 2.05) is 30.3 Å². The molecule has 0 saturated heterocycles. The van der Waals surface area contributed by atoms with E-state index >= 15 is 0 Å². The van der Waals surface area contributed by atoms with Gasteiger partial charge in [0.2, 0.25) is 0 Å². The number of hydrogen-bond acceptors (Lipinski definition) is 10. The van der Waals surface area contributed by atoms with E-state index in [0.717, 1.165) is 26.3 Å². The molecule has 0 bridgehead atoms. The van der Waals surface area contributed by atoms with Gasteiger partial charge in [0.1, 0.15) is 11.5 Å². The number of carbonyl (C=O) groups excluding carboxylic acids is 4. The van der Waals surface area contributed by atoms with Crippen LogP contribution in [0.2, 0.25) is 0 Å².